The minimum atomic E-state index is 0.188. The van der Waals surface area contributed by atoms with Crippen LogP contribution in [0, 0.1) is 0 Å². The lowest BCUT2D eigenvalue weighted by atomic mass is 10.1. The van der Waals surface area contributed by atoms with Gasteiger partial charge in [-0.1, -0.05) is 6.92 Å². The van der Waals surface area contributed by atoms with Crippen molar-refractivity contribution in [1.82, 2.24) is 4.57 Å². The summed E-state index contributed by atoms with van der Waals surface area (Å²) >= 11 is 0. The number of aryl methyl sites for hydroxylation is 1. The van der Waals surface area contributed by atoms with E-state index in [9.17, 15) is 0 Å². The number of benzene rings is 1. The molecule has 3 nitrogen and oxygen atoms in total. The summed E-state index contributed by atoms with van der Waals surface area (Å²) in [6.07, 6.45) is 4.27. The first-order chi connectivity index (χ1) is 8.65. The van der Waals surface area contributed by atoms with Crippen molar-refractivity contribution in [2.24, 2.45) is 5.73 Å². The summed E-state index contributed by atoms with van der Waals surface area (Å²) in [5, 5.41) is 1.29. The topological polar surface area (TPSA) is 40.2 Å². The van der Waals surface area contributed by atoms with Crippen LogP contribution in [0.1, 0.15) is 25.8 Å². The van der Waals surface area contributed by atoms with Crippen molar-refractivity contribution in [3.63, 3.8) is 0 Å². The first-order valence-corrected chi connectivity index (χ1v) is 6.57. The van der Waals surface area contributed by atoms with E-state index in [0.717, 1.165) is 25.1 Å². The maximum absolute atomic E-state index is 5.92. The van der Waals surface area contributed by atoms with Gasteiger partial charge in [-0.25, -0.2) is 0 Å². The summed E-state index contributed by atoms with van der Waals surface area (Å²) in [7, 11) is 1.71. The molecule has 0 saturated carbocycles. The van der Waals surface area contributed by atoms with E-state index in [1.165, 1.54) is 16.5 Å². The zero-order chi connectivity index (χ0) is 13.1. The molecule has 0 aliphatic carbocycles. The van der Waals surface area contributed by atoms with E-state index < -0.39 is 0 Å². The summed E-state index contributed by atoms with van der Waals surface area (Å²) in [6.45, 7) is 5.27. The van der Waals surface area contributed by atoms with Crippen LogP contribution < -0.4 is 10.5 Å². The van der Waals surface area contributed by atoms with Crippen LogP contribution in [0.5, 0.6) is 5.75 Å². The van der Waals surface area contributed by atoms with Crippen LogP contribution in [-0.4, -0.2) is 17.7 Å². The van der Waals surface area contributed by atoms with Gasteiger partial charge in [-0.3, -0.25) is 0 Å². The first-order valence-electron chi connectivity index (χ1n) is 6.57. The average Bonchev–Trinajstić information content (AvgIpc) is 2.67. The lowest BCUT2D eigenvalue weighted by Gasteiger charge is -2.04. The first kappa shape index (κ1) is 13.0. The van der Waals surface area contributed by atoms with E-state index in [1.54, 1.807) is 7.11 Å². The van der Waals surface area contributed by atoms with E-state index in [4.69, 9.17) is 10.5 Å². The molecule has 1 aromatic heterocycles. The maximum atomic E-state index is 5.92. The fourth-order valence-corrected chi connectivity index (χ4v) is 2.41. The van der Waals surface area contributed by atoms with Gasteiger partial charge in [0.15, 0.2) is 0 Å². The van der Waals surface area contributed by atoms with Gasteiger partial charge in [0.25, 0.3) is 0 Å². The Bertz CT molecular complexity index is 529. The average molecular weight is 246 g/mol. The van der Waals surface area contributed by atoms with E-state index in [2.05, 4.69) is 29.8 Å². The fraction of sp³-hybridized carbons (Fsp3) is 0.467. The molecule has 18 heavy (non-hydrogen) atoms. The van der Waals surface area contributed by atoms with Gasteiger partial charge in [0, 0.05) is 30.2 Å². The monoisotopic (exact) mass is 246 g/mol. The van der Waals surface area contributed by atoms with Crippen molar-refractivity contribution in [3.05, 3.63) is 30.0 Å². The Kier molecular flexibility index (Phi) is 3.92. The van der Waals surface area contributed by atoms with Crippen molar-refractivity contribution in [2.75, 3.05) is 7.11 Å². The van der Waals surface area contributed by atoms with Gasteiger partial charge in [0.2, 0.25) is 0 Å². The zero-order valence-electron chi connectivity index (χ0n) is 11.4. The molecule has 98 valence electrons. The summed E-state index contributed by atoms with van der Waals surface area (Å²) in [5.74, 6) is 0.908. The number of methoxy groups -OCH3 is 1. The van der Waals surface area contributed by atoms with Crippen molar-refractivity contribution in [1.29, 1.82) is 0 Å². The molecule has 0 spiro atoms. The van der Waals surface area contributed by atoms with Crippen LogP contribution in [0.2, 0.25) is 0 Å². The molecule has 0 unspecified atom stereocenters. The van der Waals surface area contributed by atoms with Crippen LogP contribution in [0.25, 0.3) is 10.9 Å². The SMILES string of the molecule is CCCn1cc(C[C@H](C)N)c2ccc(OC)cc21. The van der Waals surface area contributed by atoms with Crippen molar-refractivity contribution >= 4 is 10.9 Å². The Hall–Kier alpha value is -1.48. The third kappa shape index (κ3) is 2.51. The van der Waals surface area contributed by atoms with Crippen molar-refractivity contribution in [2.45, 2.75) is 39.3 Å². The number of hydrogen-bond acceptors (Lipinski definition) is 2. The second kappa shape index (κ2) is 5.44. The Balaban J connectivity index is 2.52. The Morgan fingerprint density at radius 1 is 1.39 bits per heavy atom. The third-order valence-corrected chi connectivity index (χ3v) is 3.18. The second-order valence-electron chi connectivity index (χ2n) is 4.91. The van der Waals surface area contributed by atoms with Gasteiger partial charge in [-0.05, 0) is 37.5 Å². The molecule has 0 aliphatic heterocycles. The number of rotatable bonds is 5. The van der Waals surface area contributed by atoms with Gasteiger partial charge in [0.05, 0.1) is 12.6 Å². The Morgan fingerprint density at radius 2 is 2.17 bits per heavy atom. The largest absolute Gasteiger partial charge is 0.497 e. The summed E-state index contributed by atoms with van der Waals surface area (Å²) in [6, 6.07) is 6.45. The highest BCUT2D eigenvalue weighted by Crippen LogP contribution is 2.26. The number of hydrogen-bond donors (Lipinski definition) is 1. The number of fused-ring (bicyclic) bond motifs is 1. The lowest BCUT2D eigenvalue weighted by molar-refractivity contribution is 0.415. The molecule has 0 radical (unpaired) electrons. The van der Waals surface area contributed by atoms with Crippen LogP contribution in [-0.2, 0) is 13.0 Å². The summed E-state index contributed by atoms with van der Waals surface area (Å²) in [4.78, 5) is 0. The van der Waals surface area contributed by atoms with E-state index >= 15 is 0 Å². The summed E-state index contributed by atoms with van der Waals surface area (Å²) in [5.41, 5.74) is 8.49. The Morgan fingerprint density at radius 3 is 2.78 bits per heavy atom. The fourth-order valence-electron chi connectivity index (χ4n) is 2.41. The molecule has 0 aliphatic rings. The van der Waals surface area contributed by atoms with E-state index in [-0.39, 0.29) is 6.04 Å². The van der Waals surface area contributed by atoms with Crippen LogP contribution in [0.15, 0.2) is 24.4 Å². The molecule has 1 aromatic carbocycles. The summed E-state index contributed by atoms with van der Waals surface area (Å²) < 4.78 is 7.61. The number of ether oxygens (including phenoxy) is 1. The van der Waals surface area contributed by atoms with Gasteiger partial charge < -0.3 is 15.0 Å². The normalized spacial score (nSPS) is 12.9. The number of aromatic nitrogens is 1. The lowest BCUT2D eigenvalue weighted by Crippen LogP contribution is -2.17. The van der Waals surface area contributed by atoms with Gasteiger partial charge in [-0.15, -0.1) is 0 Å². The Labute approximate surface area is 109 Å². The van der Waals surface area contributed by atoms with Crippen molar-refractivity contribution < 1.29 is 4.74 Å². The second-order valence-corrected chi connectivity index (χ2v) is 4.91. The molecule has 2 N–H and O–H groups in total. The molecular formula is C15H22N2O. The quantitative estimate of drug-likeness (QED) is 0.881. The predicted octanol–water partition coefficient (Wildman–Crippen LogP) is 2.95. The molecule has 1 heterocycles. The predicted molar refractivity (Wildman–Crippen MR) is 76.1 cm³/mol. The molecule has 2 aromatic rings. The molecule has 0 saturated heterocycles. The molecule has 0 fully saturated rings. The molecule has 0 bridgehead atoms. The minimum absolute atomic E-state index is 0.188. The molecular weight excluding hydrogens is 224 g/mol. The minimum Gasteiger partial charge on any atom is -0.497 e. The number of nitrogens with zero attached hydrogens (tertiary/aromatic N) is 1. The highest BCUT2D eigenvalue weighted by molar-refractivity contribution is 5.85. The molecule has 1 atom stereocenters. The molecule has 0 amide bonds. The van der Waals surface area contributed by atoms with Gasteiger partial charge >= 0.3 is 0 Å². The molecule has 2 rings (SSSR count). The van der Waals surface area contributed by atoms with Crippen LogP contribution >= 0.6 is 0 Å². The standard InChI is InChI=1S/C15H22N2O/c1-4-7-17-10-12(8-11(2)16)14-6-5-13(18-3)9-15(14)17/h5-6,9-11H,4,7-8,16H2,1-3H3/t11-/m0/s1. The maximum Gasteiger partial charge on any atom is 0.120 e. The van der Waals surface area contributed by atoms with Gasteiger partial charge in [0.1, 0.15) is 5.75 Å². The van der Waals surface area contributed by atoms with E-state index in [0.29, 0.717) is 0 Å². The van der Waals surface area contributed by atoms with Crippen LogP contribution in [0.4, 0.5) is 0 Å². The molecule has 3 heteroatoms. The highest BCUT2D eigenvalue weighted by Gasteiger charge is 2.10. The van der Waals surface area contributed by atoms with Crippen LogP contribution in [0.3, 0.4) is 0 Å². The highest BCUT2D eigenvalue weighted by atomic mass is 16.5. The van der Waals surface area contributed by atoms with E-state index in [1.807, 2.05) is 13.0 Å². The van der Waals surface area contributed by atoms with Crippen molar-refractivity contribution in [3.8, 4) is 5.75 Å². The zero-order valence-corrected chi connectivity index (χ0v) is 11.4. The smallest absolute Gasteiger partial charge is 0.120 e. The van der Waals surface area contributed by atoms with Gasteiger partial charge in [-0.2, -0.15) is 0 Å². The number of nitrogens with two attached hydrogens (primary N) is 1. The third-order valence-electron chi connectivity index (χ3n) is 3.18.